The van der Waals surface area contributed by atoms with Gasteiger partial charge in [0.1, 0.15) is 11.9 Å². The zero-order valence-electron chi connectivity index (χ0n) is 11.5. The van der Waals surface area contributed by atoms with Crippen molar-refractivity contribution in [3.05, 3.63) is 34.9 Å². The van der Waals surface area contributed by atoms with Crippen molar-refractivity contribution in [1.29, 1.82) is 0 Å². The Morgan fingerprint density at radius 2 is 1.85 bits per heavy atom. The third-order valence-electron chi connectivity index (χ3n) is 4.66. The monoisotopic (exact) mass is 280 g/mol. The lowest BCUT2D eigenvalue weighted by Crippen LogP contribution is -2.17. The fourth-order valence-electron chi connectivity index (χ4n) is 3.12. The van der Waals surface area contributed by atoms with Gasteiger partial charge in [0, 0.05) is 11.5 Å². The van der Waals surface area contributed by atoms with Crippen molar-refractivity contribution in [2.24, 2.45) is 5.92 Å². The van der Waals surface area contributed by atoms with E-state index < -0.39 is 17.2 Å². The number of epoxide rings is 1. The van der Waals surface area contributed by atoms with Gasteiger partial charge in [-0.1, -0.05) is 12.1 Å². The van der Waals surface area contributed by atoms with Crippen LogP contribution in [0.25, 0.3) is 0 Å². The number of rotatable bonds is 3. The quantitative estimate of drug-likeness (QED) is 0.624. The van der Waals surface area contributed by atoms with Crippen molar-refractivity contribution in [2.45, 2.75) is 44.1 Å². The highest BCUT2D eigenvalue weighted by Crippen LogP contribution is 2.42. The number of aldehydes is 1. The molecule has 0 amide bonds. The summed E-state index contributed by atoms with van der Waals surface area (Å²) in [4.78, 5) is 10.7. The van der Waals surface area contributed by atoms with E-state index in [2.05, 4.69) is 0 Å². The predicted octanol–water partition coefficient (Wildman–Crippen LogP) is 3.68. The van der Waals surface area contributed by atoms with Crippen LogP contribution < -0.4 is 0 Å². The van der Waals surface area contributed by atoms with Gasteiger partial charge < -0.3 is 9.53 Å². The number of ether oxygens (including phenoxy) is 1. The van der Waals surface area contributed by atoms with E-state index in [9.17, 15) is 13.6 Å². The number of hydrogen-bond acceptors (Lipinski definition) is 2. The highest BCUT2D eigenvalue weighted by atomic mass is 19.2. The maximum absolute atomic E-state index is 14.3. The fourth-order valence-corrected chi connectivity index (χ4v) is 3.12. The van der Waals surface area contributed by atoms with Gasteiger partial charge in [0.05, 0.1) is 6.61 Å². The highest BCUT2D eigenvalue weighted by Gasteiger charge is 2.44. The minimum absolute atomic E-state index is 0.0164. The minimum Gasteiger partial charge on any atom is -0.365 e. The Hall–Kier alpha value is -1.29. The second kappa shape index (κ2) is 4.92. The summed E-state index contributed by atoms with van der Waals surface area (Å²) in [7, 11) is 0. The lowest BCUT2D eigenvalue weighted by Gasteiger charge is -2.26. The molecule has 108 valence electrons. The first-order chi connectivity index (χ1) is 9.55. The van der Waals surface area contributed by atoms with E-state index >= 15 is 0 Å². The third kappa shape index (κ3) is 2.26. The molecular weight excluding hydrogens is 262 g/mol. The average Bonchev–Trinajstić information content (AvgIpc) is 3.21. The van der Waals surface area contributed by atoms with Crippen molar-refractivity contribution in [3.63, 3.8) is 0 Å². The summed E-state index contributed by atoms with van der Waals surface area (Å²) in [5, 5.41) is 0. The first kappa shape index (κ1) is 13.7. The van der Waals surface area contributed by atoms with Crippen molar-refractivity contribution in [2.75, 3.05) is 6.61 Å². The van der Waals surface area contributed by atoms with Crippen LogP contribution in [0.4, 0.5) is 8.78 Å². The van der Waals surface area contributed by atoms with E-state index in [4.69, 9.17) is 4.74 Å². The Kier molecular flexibility index (Phi) is 3.36. The average molecular weight is 280 g/mol. The second-order valence-corrected chi connectivity index (χ2v) is 6.10. The fraction of sp³-hybridized carbons (Fsp3) is 0.562. The lowest BCUT2D eigenvalue weighted by atomic mass is 9.78. The maximum Gasteiger partial charge on any atom is 0.165 e. The molecule has 2 fully saturated rings. The largest absolute Gasteiger partial charge is 0.365 e. The molecule has 20 heavy (non-hydrogen) atoms. The van der Waals surface area contributed by atoms with Crippen LogP contribution in [-0.2, 0) is 15.1 Å². The number of hydrogen-bond donors (Lipinski definition) is 0. The van der Waals surface area contributed by atoms with Crippen LogP contribution in [-0.4, -0.2) is 12.9 Å². The molecule has 0 N–H and O–H groups in total. The molecule has 2 aliphatic rings. The van der Waals surface area contributed by atoms with E-state index in [0.29, 0.717) is 17.7 Å². The normalized spacial score (nSPS) is 33.0. The molecule has 0 spiro atoms. The summed E-state index contributed by atoms with van der Waals surface area (Å²) in [6.07, 6.45) is 3.98. The Morgan fingerprint density at radius 1 is 1.20 bits per heavy atom. The van der Waals surface area contributed by atoms with Gasteiger partial charge in [-0.05, 0) is 44.1 Å². The summed E-state index contributed by atoms with van der Waals surface area (Å²) >= 11 is 0. The molecule has 1 aliphatic carbocycles. The molecule has 4 heteroatoms. The Labute approximate surface area is 117 Å². The van der Waals surface area contributed by atoms with Crippen LogP contribution in [0.15, 0.2) is 12.1 Å². The van der Waals surface area contributed by atoms with Crippen molar-refractivity contribution < 1.29 is 18.3 Å². The second-order valence-electron chi connectivity index (χ2n) is 6.10. The summed E-state index contributed by atoms with van der Waals surface area (Å²) in [5.41, 5.74) is 0.0960. The summed E-state index contributed by atoms with van der Waals surface area (Å²) < 4.78 is 33.7. The van der Waals surface area contributed by atoms with Crippen molar-refractivity contribution in [1.82, 2.24) is 0 Å². The van der Waals surface area contributed by atoms with Gasteiger partial charge in [-0.25, -0.2) is 8.78 Å². The summed E-state index contributed by atoms with van der Waals surface area (Å²) in [6.45, 7) is 2.20. The first-order valence-electron chi connectivity index (χ1n) is 7.13. The van der Waals surface area contributed by atoms with Crippen molar-refractivity contribution in [3.8, 4) is 0 Å². The molecule has 1 aliphatic heterocycles. The molecule has 3 rings (SSSR count). The number of halogens is 2. The van der Waals surface area contributed by atoms with E-state index in [1.165, 1.54) is 0 Å². The molecule has 1 aromatic rings. The molecule has 0 bridgehead atoms. The lowest BCUT2D eigenvalue weighted by molar-refractivity contribution is -0.111. The molecule has 1 saturated carbocycles. The van der Waals surface area contributed by atoms with Gasteiger partial charge in [0.15, 0.2) is 11.6 Å². The van der Waals surface area contributed by atoms with Gasteiger partial charge >= 0.3 is 0 Å². The molecule has 1 atom stereocenters. The molecular formula is C16H18F2O2. The van der Waals surface area contributed by atoms with Gasteiger partial charge in [-0.3, -0.25) is 0 Å². The van der Waals surface area contributed by atoms with E-state index in [0.717, 1.165) is 32.0 Å². The highest BCUT2D eigenvalue weighted by molar-refractivity contribution is 5.53. The zero-order valence-corrected chi connectivity index (χ0v) is 11.5. The molecule has 1 heterocycles. The summed E-state index contributed by atoms with van der Waals surface area (Å²) in [6, 6.07) is 3.33. The standard InChI is InChI=1S/C16H18F2O2/c1-16(9-20-16)13-7-6-12(14(17)15(13)18)11-4-2-10(8-19)3-5-11/h6-8,10-11H,2-5,9H2,1H3. The molecule has 0 aromatic heterocycles. The molecule has 2 nitrogen and oxygen atoms in total. The van der Waals surface area contributed by atoms with Gasteiger partial charge in [-0.2, -0.15) is 0 Å². The molecule has 1 saturated heterocycles. The smallest absolute Gasteiger partial charge is 0.165 e. The van der Waals surface area contributed by atoms with Crippen LogP contribution in [0.3, 0.4) is 0 Å². The van der Waals surface area contributed by atoms with E-state index in [1.54, 1.807) is 19.1 Å². The first-order valence-corrected chi connectivity index (χ1v) is 7.13. The Morgan fingerprint density at radius 3 is 2.40 bits per heavy atom. The zero-order chi connectivity index (χ0) is 14.3. The van der Waals surface area contributed by atoms with Crippen LogP contribution in [0.5, 0.6) is 0 Å². The van der Waals surface area contributed by atoms with Crippen molar-refractivity contribution >= 4 is 6.29 Å². The minimum atomic E-state index is -0.778. The van der Waals surface area contributed by atoms with Crippen LogP contribution in [0, 0.1) is 17.6 Å². The van der Waals surface area contributed by atoms with E-state index in [1.807, 2.05) is 0 Å². The Balaban J connectivity index is 1.84. The number of carbonyl (C=O) groups is 1. The number of benzene rings is 1. The molecule has 1 unspecified atom stereocenters. The third-order valence-corrected chi connectivity index (χ3v) is 4.66. The van der Waals surface area contributed by atoms with Gasteiger partial charge in [-0.15, -0.1) is 0 Å². The van der Waals surface area contributed by atoms with E-state index in [-0.39, 0.29) is 11.8 Å². The van der Waals surface area contributed by atoms with Gasteiger partial charge in [0.25, 0.3) is 0 Å². The Bertz CT molecular complexity index is 530. The topological polar surface area (TPSA) is 29.6 Å². The van der Waals surface area contributed by atoms with Crippen LogP contribution in [0.2, 0.25) is 0 Å². The maximum atomic E-state index is 14.3. The van der Waals surface area contributed by atoms with Gasteiger partial charge in [0.2, 0.25) is 0 Å². The molecule has 0 radical (unpaired) electrons. The predicted molar refractivity (Wildman–Crippen MR) is 70.4 cm³/mol. The SMILES string of the molecule is CC1(c2ccc(C3CCC(C=O)CC3)c(F)c2F)CO1. The summed E-state index contributed by atoms with van der Waals surface area (Å²) in [5.74, 6) is -1.42. The number of carbonyl (C=O) groups excluding carboxylic acids is 1. The molecule has 1 aromatic carbocycles. The van der Waals surface area contributed by atoms with Crippen LogP contribution >= 0.6 is 0 Å². The van der Waals surface area contributed by atoms with Crippen LogP contribution in [0.1, 0.15) is 49.7 Å².